The molecule has 0 bridgehead atoms. The lowest BCUT2D eigenvalue weighted by Gasteiger charge is -2.22. The molecule has 0 spiro atoms. The molecule has 1 aliphatic heterocycles. The second-order valence-corrected chi connectivity index (χ2v) is 6.26. The van der Waals surface area contributed by atoms with Crippen molar-refractivity contribution in [1.29, 1.82) is 0 Å². The van der Waals surface area contributed by atoms with Gasteiger partial charge < -0.3 is 10.6 Å². The highest BCUT2D eigenvalue weighted by Gasteiger charge is 2.41. The number of carbonyl (C=O) groups is 1. The van der Waals surface area contributed by atoms with E-state index in [1.807, 2.05) is 0 Å². The molecule has 0 aromatic carbocycles. The lowest BCUT2D eigenvalue weighted by atomic mass is 9.93. The zero-order valence-corrected chi connectivity index (χ0v) is 13.0. The Kier molecular flexibility index (Phi) is 7.16. The van der Waals surface area contributed by atoms with Gasteiger partial charge in [-0.15, -0.1) is 12.4 Å². The van der Waals surface area contributed by atoms with Crippen LogP contribution in [-0.2, 0) is 4.79 Å². The summed E-state index contributed by atoms with van der Waals surface area (Å²) >= 11 is 0. The van der Waals surface area contributed by atoms with Gasteiger partial charge in [0.1, 0.15) is 0 Å². The molecule has 4 heteroatoms. The summed E-state index contributed by atoms with van der Waals surface area (Å²) in [6, 6.07) is 0. The Morgan fingerprint density at radius 2 is 2.00 bits per heavy atom. The van der Waals surface area contributed by atoms with E-state index in [2.05, 4.69) is 17.6 Å². The van der Waals surface area contributed by atoms with Crippen molar-refractivity contribution in [2.24, 2.45) is 11.3 Å². The Labute approximate surface area is 123 Å². The molecule has 2 N–H and O–H groups in total. The van der Waals surface area contributed by atoms with Gasteiger partial charge in [-0.1, -0.05) is 13.3 Å². The summed E-state index contributed by atoms with van der Waals surface area (Å²) in [6.45, 7) is 5.42. The number of nitrogens with one attached hydrogen (secondary N) is 2. The van der Waals surface area contributed by atoms with E-state index >= 15 is 0 Å². The number of amides is 1. The largest absolute Gasteiger partial charge is 0.356 e. The molecule has 1 heterocycles. The number of hydrogen-bond acceptors (Lipinski definition) is 2. The van der Waals surface area contributed by atoms with E-state index in [0.29, 0.717) is 5.41 Å². The van der Waals surface area contributed by atoms with Crippen LogP contribution in [0.2, 0.25) is 0 Å². The minimum atomic E-state index is 0. The van der Waals surface area contributed by atoms with Crippen molar-refractivity contribution in [3.8, 4) is 0 Å². The third-order valence-corrected chi connectivity index (χ3v) is 4.64. The molecule has 0 unspecified atom stereocenters. The molecule has 3 nitrogen and oxygen atoms in total. The Balaban J connectivity index is 0.00000180. The predicted octanol–water partition coefficient (Wildman–Crippen LogP) is 2.88. The van der Waals surface area contributed by atoms with Gasteiger partial charge >= 0.3 is 0 Å². The lowest BCUT2D eigenvalue weighted by molar-refractivity contribution is -0.121. The first-order valence-corrected chi connectivity index (χ1v) is 7.71. The summed E-state index contributed by atoms with van der Waals surface area (Å²) in [5.41, 5.74) is 0.485. The van der Waals surface area contributed by atoms with E-state index in [1.54, 1.807) is 0 Å². The fraction of sp³-hybridized carbons (Fsp3) is 0.933. The number of carbonyl (C=O) groups excluding carboxylic acids is 1. The molecule has 2 aliphatic rings. The van der Waals surface area contributed by atoms with Gasteiger partial charge in [0, 0.05) is 13.0 Å². The highest BCUT2D eigenvalue weighted by Crippen LogP contribution is 2.48. The van der Waals surface area contributed by atoms with Crippen LogP contribution >= 0.6 is 12.4 Å². The second kappa shape index (κ2) is 8.11. The molecule has 1 saturated heterocycles. The first-order chi connectivity index (χ1) is 8.74. The van der Waals surface area contributed by atoms with Crippen LogP contribution in [0.4, 0.5) is 0 Å². The molecule has 1 amide bonds. The van der Waals surface area contributed by atoms with Crippen LogP contribution in [0.15, 0.2) is 0 Å². The fourth-order valence-corrected chi connectivity index (χ4v) is 3.10. The Morgan fingerprint density at radius 1 is 1.32 bits per heavy atom. The highest BCUT2D eigenvalue weighted by molar-refractivity contribution is 5.85. The number of piperidine rings is 1. The van der Waals surface area contributed by atoms with Crippen LogP contribution < -0.4 is 10.6 Å². The first kappa shape index (κ1) is 16.8. The second-order valence-electron chi connectivity index (χ2n) is 6.26. The van der Waals surface area contributed by atoms with Crippen LogP contribution in [0, 0.1) is 11.3 Å². The van der Waals surface area contributed by atoms with Gasteiger partial charge in [-0.05, 0) is 62.9 Å². The van der Waals surface area contributed by atoms with Crippen molar-refractivity contribution in [3.63, 3.8) is 0 Å². The van der Waals surface area contributed by atoms with Crippen molar-refractivity contribution in [1.82, 2.24) is 10.6 Å². The number of halogens is 1. The van der Waals surface area contributed by atoms with Crippen molar-refractivity contribution >= 4 is 18.3 Å². The van der Waals surface area contributed by atoms with Crippen LogP contribution in [0.1, 0.15) is 58.3 Å². The summed E-state index contributed by atoms with van der Waals surface area (Å²) in [4.78, 5) is 11.8. The van der Waals surface area contributed by atoms with Crippen molar-refractivity contribution in [2.45, 2.75) is 58.3 Å². The molecule has 0 aromatic rings. The van der Waals surface area contributed by atoms with Gasteiger partial charge in [-0.2, -0.15) is 0 Å². The Morgan fingerprint density at radius 3 is 2.58 bits per heavy atom. The molecular weight excluding hydrogens is 260 g/mol. The molecule has 19 heavy (non-hydrogen) atoms. The average Bonchev–Trinajstić information content (AvgIpc) is 3.16. The maximum atomic E-state index is 11.8. The zero-order valence-electron chi connectivity index (χ0n) is 12.2. The highest BCUT2D eigenvalue weighted by atomic mass is 35.5. The van der Waals surface area contributed by atoms with Gasteiger partial charge in [0.2, 0.25) is 5.91 Å². The molecule has 2 fully saturated rings. The number of hydrogen-bond donors (Lipinski definition) is 2. The standard InChI is InChI=1S/C15H28N2O.ClH/c1-2-7-15(8-9-15)12-17-14(18)4-3-13-5-10-16-11-6-13;/h13,16H,2-12H2,1H3,(H,17,18);1H. The topological polar surface area (TPSA) is 41.1 Å². The molecule has 0 aromatic heterocycles. The molecule has 0 radical (unpaired) electrons. The maximum Gasteiger partial charge on any atom is 0.220 e. The third kappa shape index (κ3) is 5.70. The van der Waals surface area contributed by atoms with E-state index in [-0.39, 0.29) is 18.3 Å². The van der Waals surface area contributed by atoms with Crippen molar-refractivity contribution in [2.75, 3.05) is 19.6 Å². The summed E-state index contributed by atoms with van der Waals surface area (Å²) in [5, 5.41) is 6.52. The monoisotopic (exact) mass is 288 g/mol. The van der Waals surface area contributed by atoms with Gasteiger partial charge in [-0.3, -0.25) is 4.79 Å². The summed E-state index contributed by atoms with van der Waals surface area (Å²) < 4.78 is 0. The van der Waals surface area contributed by atoms with E-state index in [1.165, 1.54) is 38.5 Å². The minimum Gasteiger partial charge on any atom is -0.356 e. The van der Waals surface area contributed by atoms with E-state index in [9.17, 15) is 4.79 Å². The fourth-order valence-electron chi connectivity index (χ4n) is 3.10. The van der Waals surface area contributed by atoms with Gasteiger partial charge in [0.05, 0.1) is 0 Å². The quantitative estimate of drug-likeness (QED) is 0.756. The van der Waals surface area contributed by atoms with E-state index in [4.69, 9.17) is 0 Å². The maximum absolute atomic E-state index is 11.8. The van der Waals surface area contributed by atoms with Crippen LogP contribution in [0.3, 0.4) is 0 Å². The molecule has 112 valence electrons. The Bertz CT molecular complexity index is 273. The van der Waals surface area contributed by atoms with Crippen molar-refractivity contribution < 1.29 is 4.79 Å². The summed E-state index contributed by atoms with van der Waals surface area (Å²) in [6.07, 6.45) is 9.44. The molecular formula is C15H29ClN2O. The molecule has 2 rings (SSSR count). The smallest absolute Gasteiger partial charge is 0.220 e. The lowest BCUT2D eigenvalue weighted by Crippen LogP contribution is -2.32. The summed E-state index contributed by atoms with van der Waals surface area (Å²) in [5.74, 6) is 1.04. The van der Waals surface area contributed by atoms with Crippen LogP contribution in [0.5, 0.6) is 0 Å². The van der Waals surface area contributed by atoms with E-state index in [0.717, 1.165) is 38.4 Å². The van der Waals surface area contributed by atoms with Gasteiger partial charge in [0.15, 0.2) is 0 Å². The van der Waals surface area contributed by atoms with Crippen LogP contribution in [-0.4, -0.2) is 25.5 Å². The average molecular weight is 289 g/mol. The predicted molar refractivity (Wildman–Crippen MR) is 81.7 cm³/mol. The third-order valence-electron chi connectivity index (χ3n) is 4.64. The zero-order chi connectivity index (χ0) is 12.8. The molecule has 1 aliphatic carbocycles. The normalized spacial score (nSPS) is 21.5. The van der Waals surface area contributed by atoms with Gasteiger partial charge in [-0.25, -0.2) is 0 Å². The van der Waals surface area contributed by atoms with Gasteiger partial charge in [0.25, 0.3) is 0 Å². The minimum absolute atomic E-state index is 0. The van der Waals surface area contributed by atoms with Crippen molar-refractivity contribution in [3.05, 3.63) is 0 Å². The Hall–Kier alpha value is -0.280. The number of rotatable bonds is 7. The first-order valence-electron chi connectivity index (χ1n) is 7.71. The molecule has 0 atom stereocenters. The van der Waals surface area contributed by atoms with E-state index < -0.39 is 0 Å². The SMILES string of the molecule is CCCC1(CNC(=O)CCC2CCNCC2)CC1.Cl. The summed E-state index contributed by atoms with van der Waals surface area (Å²) in [7, 11) is 0. The molecule has 1 saturated carbocycles. The van der Waals surface area contributed by atoms with Crippen LogP contribution in [0.25, 0.3) is 0 Å².